The summed E-state index contributed by atoms with van der Waals surface area (Å²) in [6, 6.07) is 8.35. The third-order valence-corrected chi connectivity index (χ3v) is 2.84. The number of carbonyl (C=O) groups excluding carboxylic acids is 1. The van der Waals surface area contributed by atoms with Crippen LogP contribution in [0.15, 0.2) is 42.7 Å². The van der Waals surface area contributed by atoms with Gasteiger partial charge in [-0.25, -0.2) is 4.39 Å². The van der Waals surface area contributed by atoms with E-state index >= 15 is 0 Å². The van der Waals surface area contributed by atoms with Crippen LogP contribution in [0.4, 0.5) is 10.1 Å². The van der Waals surface area contributed by atoms with E-state index in [4.69, 9.17) is 11.6 Å². The Morgan fingerprint density at radius 1 is 1.37 bits per heavy atom. The molecule has 1 unspecified atom stereocenters. The van der Waals surface area contributed by atoms with Crippen molar-refractivity contribution in [3.05, 3.63) is 59.7 Å². The van der Waals surface area contributed by atoms with Crippen LogP contribution in [0.3, 0.4) is 0 Å². The first-order valence-electron chi connectivity index (χ1n) is 5.73. The molecule has 98 valence electrons. The van der Waals surface area contributed by atoms with Crippen molar-refractivity contribution in [1.29, 1.82) is 0 Å². The fourth-order valence-corrected chi connectivity index (χ4v) is 1.88. The predicted octanol–water partition coefficient (Wildman–Crippen LogP) is 3.77. The van der Waals surface area contributed by atoms with Crippen LogP contribution in [0, 0.1) is 5.82 Å². The van der Waals surface area contributed by atoms with Crippen LogP contribution in [0.25, 0.3) is 0 Å². The minimum Gasteiger partial charge on any atom is -0.322 e. The van der Waals surface area contributed by atoms with Crippen LogP contribution in [-0.4, -0.2) is 10.9 Å². The molecule has 1 N–H and O–H groups in total. The molecule has 1 atom stereocenters. The van der Waals surface area contributed by atoms with E-state index in [2.05, 4.69) is 10.3 Å². The zero-order valence-electron chi connectivity index (χ0n) is 10.2. The van der Waals surface area contributed by atoms with Gasteiger partial charge in [0.2, 0.25) is 0 Å². The largest absolute Gasteiger partial charge is 0.322 e. The second-order valence-corrected chi connectivity index (χ2v) is 4.70. The SMILES string of the molecule is CC(Cl)c1ccccc1NC(=O)c1cncc(F)c1. The molecule has 2 rings (SSSR count). The molecule has 1 amide bonds. The lowest BCUT2D eigenvalue weighted by molar-refractivity contribution is 0.102. The Bertz CT molecular complexity index is 602. The number of rotatable bonds is 3. The number of hydrogen-bond acceptors (Lipinski definition) is 2. The number of hydrogen-bond donors (Lipinski definition) is 1. The summed E-state index contributed by atoms with van der Waals surface area (Å²) in [4.78, 5) is 15.6. The van der Waals surface area contributed by atoms with E-state index in [1.165, 1.54) is 6.20 Å². The normalized spacial score (nSPS) is 11.9. The van der Waals surface area contributed by atoms with Crippen molar-refractivity contribution in [3.8, 4) is 0 Å². The zero-order valence-corrected chi connectivity index (χ0v) is 11.0. The van der Waals surface area contributed by atoms with Crippen molar-refractivity contribution in [2.75, 3.05) is 5.32 Å². The third kappa shape index (κ3) is 3.29. The second kappa shape index (κ2) is 5.80. The van der Waals surface area contributed by atoms with Crippen molar-refractivity contribution in [2.24, 2.45) is 0 Å². The number of anilines is 1. The summed E-state index contributed by atoms with van der Waals surface area (Å²) in [6.45, 7) is 1.82. The van der Waals surface area contributed by atoms with Gasteiger partial charge in [0.15, 0.2) is 0 Å². The van der Waals surface area contributed by atoms with Gasteiger partial charge in [0, 0.05) is 11.9 Å². The molecule has 0 spiro atoms. The molecule has 0 aliphatic rings. The quantitative estimate of drug-likeness (QED) is 0.868. The smallest absolute Gasteiger partial charge is 0.257 e. The summed E-state index contributed by atoms with van der Waals surface area (Å²) in [7, 11) is 0. The number of para-hydroxylation sites is 1. The molecule has 1 heterocycles. The van der Waals surface area contributed by atoms with E-state index in [9.17, 15) is 9.18 Å². The minimum absolute atomic E-state index is 0.164. The van der Waals surface area contributed by atoms with E-state index in [0.717, 1.165) is 17.8 Å². The van der Waals surface area contributed by atoms with Gasteiger partial charge in [-0.1, -0.05) is 18.2 Å². The van der Waals surface area contributed by atoms with Gasteiger partial charge >= 0.3 is 0 Å². The fourth-order valence-electron chi connectivity index (χ4n) is 1.69. The Labute approximate surface area is 115 Å². The van der Waals surface area contributed by atoms with Gasteiger partial charge in [-0.15, -0.1) is 11.6 Å². The summed E-state index contributed by atoms with van der Waals surface area (Å²) >= 11 is 6.04. The maximum atomic E-state index is 13.0. The molecule has 2 aromatic rings. The molecule has 0 bridgehead atoms. The van der Waals surface area contributed by atoms with Gasteiger partial charge in [-0.3, -0.25) is 9.78 Å². The highest BCUT2D eigenvalue weighted by Gasteiger charge is 2.12. The van der Waals surface area contributed by atoms with Crippen LogP contribution >= 0.6 is 11.6 Å². The molecular weight excluding hydrogens is 267 g/mol. The van der Waals surface area contributed by atoms with Gasteiger partial charge < -0.3 is 5.32 Å². The topological polar surface area (TPSA) is 42.0 Å². The van der Waals surface area contributed by atoms with Crippen molar-refractivity contribution >= 4 is 23.2 Å². The first kappa shape index (κ1) is 13.5. The van der Waals surface area contributed by atoms with Gasteiger partial charge in [0.25, 0.3) is 5.91 Å². The summed E-state index contributed by atoms with van der Waals surface area (Å²) in [5.74, 6) is -0.969. The van der Waals surface area contributed by atoms with Crippen LogP contribution in [0.1, 0.15) is 28.2 Å². The molecular formula is C14H12ClFN2O. The average Bonchev–Trinajstić information content (AvgIpc) is 2.39. The van der Waals surface area contributed by atoms with Gasteiger partial charge in [0.05, 0.1) is 17.1 Å². The Balaban J connectivity index is 2.24. The number of benzene rings is 1. The van der Waals surface area contributed by atoms with E-state index in [1.807, 2.05) is 19.1 Å². The third-order valence-electron chi connectivity index (χ3n) is 2.60. The van der Waals surface area contributed by atoms with E-state index in [-0.39, 0.29) is 10.9 Å². The highest BCUT2D eigenvalue weighted by molar-refractivity contribution is 6.21. The van der Waals surface area contributed by atoms with E-state index in [1.54, 1.807) is 12.1 Å². The first-order chi connectivity index (χ1) is 9.08. The van der Waals surface area contributed by atoms with Crippen molar-refractivity contribution in [1.82, 2.24) is 4.98 Å². The maximum Gasteiger partial charge on any atom is 0.257 e. The molecule has 0 radical (unpaired) electrons. The second-order valence-electron chi connectivity index (χ2n) is 4.05. The minimum atomic E-state index is -0.549. The van der Waals surface area contributed by atoms with Crippen LogP contribution in [-0.2, 0) is 0 Å². The summed E-state index contributed by atoms with van der Waals surface area (Å²) in [5, 5.41) is 2.47. The lowest BCUT2D eigenvalue weighted by atomic mass is 10.1. The molecule has 0 saturated carbocycles. The molecule has 0 saturated heterocycles. The summed E-state index contributed by atoms with van der Waals surface area (Å²) in [6.07, 6.45) is 2.36. The molecule has 0 aliphatic heterocycles. The number of aromatic nitrogens is 1. The average molecular weight is 279 g/mol. The van der Waals surface area contributed by atoms with Crippen LogP contribution < -0.4 is 5.32 Å². The molecule has 5 heteroatoms. The Morgan fingerprint density at radius 3 is 2.79 bits per heavy atom. The molecule has 0 fully saturated rings. The number of alkyl halides is 1. The Morgan fingerprint density at radius 2 is 2.11 bits per heavy atom. The lowest BCUT2D eigenvalue weighted by Gasteiger charge is -2.12. The number of nitrogens with zero attached hydrogens (tertiary/aromatic N) is 1. The van der Waals surface area contributed by atoms with Crippen LogP contribution in [0.5, 0.6) is 0 Å². The van der Waals surface area contributed by atoms with Crippen LogP contribution in [0.2, 0.25) is 0 Å². The van der Waals surface area contributed by atoms with Crippen molar-refractivity contribution < 1.29 is 9.18 Å². The molecule has 1 aromatic carbocycles. The number of pyridine rings is 1. The fraction of sp³-hybridized carbons (Fsp3) is 0.143. The highest BCUT2D eigenvalue weighted by atomic mass is 35.5. The van der Waals surface area contributed by atoms with Gasteiger partial charge in [-0.05, 0) is 24.6 Å². The lowest BCUT2D eigenvalue weighted by Crippen LogP contribution is -2.14. The number of nitrogens with one attached hydrogen (secondary N) is 1. The summed E-state index contributed by atoms with van der Waals surface area (Å²) < 4.78 is 13.0. The molecule has 1 aromatic heterocycles. The number of carbonyl (C=O) groups is 1. The standard InChI is InChI=1S/C14H12ClFN2O/c1-9(15)12-4-2-3-5-13(12)18-14(19)10-6-11(16)8-17-7-10/h2-9H,1H3,(H,18,19). The maximum absolute atomic E-state index is 13.0. The highest BCUT2D eigenvalue weighted by Crippen LogP contribution is 2.27. The molecule has 0 aliphatic carbocycles. The first-order valence-corrected chi connectivity index (χ1v) is 6.16. The summed E-state index contributed by atoms with van der Waals surface area (Å²) in [5.41, 5.74) is 1.58. The van der Waals surface area contributed by atoms with Crippen molar-refractivity contribution in [3.63, 3.8) is 0 Å². The zero-order chi connectivity index (χ0) is 13.8. The molecule has 3 nitrogen and oxygen atoms in total. The van der Waals surface area contributed by atoms with E-state index in [0.29, 0.717) is 5.69 Å². The predicted molar refractivity (Wildman–Crippen MR) is 72.9 cm³/mol. The van der Waals surface area contributed by atoms with Gasteiger partial charge in [0.1, 0.15) is 5.82 Å². The van der Waals surface area contributed by atoms with Gasteiger partial charge in [-0.2, -0.15) is 0 Å². The van der Waals surface area contributed by atoms with E-state index < -0.39 is 11.7 Å². The Kier molecular flexibility index (Phi) is 4.12. The number of halogens is 2. The number of amides is 1. The molecule has 19 heavy (non-hydrogen) atoms. The Hall–Kier alpha value is -1.94. The van der Waals surface area contributed by atoms with Crippen molar-refractivity contribution in [2.45, 2.75) is 12.3 Å². The monoisotopic (exact) mass is 278 g/mol.